The highest BCUT2D eigenvalue weighted by Gasteiger charge is 2.58. The summed E-state index contributed by atoms with van der Waals surface area (Å²) in [5.74, 6) is 0.888. The second-order valence-corrected chi connectivity index (χ2v) is 10.9. The summed E-state index contributed by atoms with van der Waals surface area (Å²) in [5, 5.41) is 6.63. The zero-order chi connectivity index (χ0) is 24.0. The molecule has 4 bridgehead atoms. The van der Waals surface area contributed by atoms with Crippen molar-refractivity contribution in [3.63, 3.8) is 0 Å². The van der Waals surface area contributed by atoms with E-state index in [1.54, 1.807) is 18.2 Å². The number of carbonyl (C=O) groups excluding carboxylic acids is 2. The van der Waals surface area contributed by atoms with E-state index in [9.17, 15) is 14.0 Å². The number of nitrogens with zero attached hydrogens (tertiary/aromatic N) is 2. The third kappa shape index (κ3) is 4.40. The molecule has 184 valence electrons. The molecule has 7 nitrogen and oxygen atoms in total. The van der Waals surface area contributed by atoms with Gasteiger partial charge in [-0.05, 0) is 80.7 Å². The molecular formula is C27H31FN4O3. The average molecular weight is 479 g/mol. The van der Waals surface area contributed by atoms with Gasteiger partial charge in [0.2, 0.25) is 0 Å². The summed E-state index contributed by atoms with van der Waals surface area (Å²) >= 11 is 0. The van der Waals surface area contributed by atoms with Crippen LogP contribution in [-0.2, 0) is 4.74 Å². The third-order valence-corrected chi connectivity index (χ3v) is 8.21. The van der Waals surface area contributed by atoms with Gasteiger partial charge in [0.1, 0.15) is 17.3 Å². The maximum absolute atomic E-state index is 13.7. The predicted octanol–water partition coefficient (Wildman–Crippen LogP) is 3.31. The summed E-state index contributed by atoms with van der Waals surface area (Å²) in [6.07, 6.45) is 5.51. The fourth-order valence-electron chi connectivity index (χ4n) is 7.32. The fraction of sp³-hybridized carbons (Fsp3) is 0.519. The normalized spacial score (nSPS) is 31.3. The summed E-state index contributed by atoms with van der Waals surface area (Å²) in [7, 11) is 0. The Bertz CT molecular complexity index is 1130. The molecule has 1 aromatic carbocycles. The van der Waals surface area contributed by atoms with E-state index in [4.69, 9.17) is 4.74 Å². The van der Waals surface area contributed by atoms with Crippen LogP contribution in [0, 0.1) is 17.7 Å². The molecule has 1 aromatic heterocycles. The molecule has 2 amide bonds. The Morgan fingerprint density at radius 2 is 1.60 bits per heavy atom. The van der Waals surface area contributed by atoms with E-state index < -0.39 is 5.82 Å². The molecule has 2 unspecified atom stereocenters. The van der Waals surface area contributed by atoms with Crippen molar-refractivity contribution in [3.8, 4) is 0 Å². The SMILES string of the molecule is O=C(NC12CC3CC(C1)CC(NC(=O)c1cccc(N4CCOCC4)n1)(C3)C2)c1cccc(F)c1. The molecule has 0 spiro atoms. The van der Waals surface area contributed by atoms with Crippen LogP contribution in [0.15, 0.2) is 42.5 Å². The first-order chi connectivity index (χ1) is 16.9. The number of hydrogen-bond donors (Lipinski definition) is 2. The molecule has 0 radical (unpaired) electrons. The highest BCUT2D eigenvalue weighted by molar-refractivity contribution is 5.95. The second kappa shape index (κ2) is 8.59. The Morgan fingerprint density at radius 1 is 0.943 bits per heavy atom. The van der Waals surface area contributed by atoms with Crippen molar-refractivity contribution < 1.29 is 18.7 Å². The van der Waals surface area contributed by atoms with Crippen molar-refractivity contribution in [3.05, 3.63) is 59.5 Å². The van der Waals surface area contributed by atoms with Crippen molar-refractivity contribution in [1.82, 2.24) is 15.6 Å². The number of nitrogens with one attached hydrogen (secondary N) is 2. The minimum absolute atomic E-state index is 0.159. The highest BCUT2D eigenvalue weighted by atomic mass is 19.1. The molecule has 2 N–H and O–H groups in total. The molecule has 8 heteroatoms. The molecule has 1 saturated heterocycles. The van der Waals surface area contributed by atoms with E-state index in [0.717, 1.165) is 51.0 Å². The van der Waals surface area contributed by atoms with Crippen molar-refractivity contribution in [2.45, 2.75) is 49.6 Å². The largest absolute Gasteiger partial charge is 0.378 e. The van der Waals surface area contributed by atoms with Gasteiger partial charge in [0.25, 0.3) is 11.8 Å². The molecule has 2 aromatic rings. The molecular weight excluding hydrogens is 447 g/mol. The highest BCUT2D eigenvalue weighted by Crippen LogP contribution is 2.57. The average Bonchev–Trinajstić information content (AvgIpc) is 2.83. The third-order valence-electron chi connectivity index (χ3n) is 8.21. The second-order valence-electron chi connectivity index (χ2n) is 10.9. The molecule has 1 aliphatic heterocycles. The van der Waals surface area contributed by atoms with Crippen LogP contribution in [0.25, 0.3) is 0 Å². The fourth-order valence-corrected chi connectivity index (χ4v) is 7.32. The van der Waals surface area contributed by atoms with Crippen molar-refractivity contribution >= 4 is 17.6 Å². The zero-order valence-corrected chi connectivity index (χ0v) is 19.8. The number of morpholine rings is 1. The van der Waals surface area contributed by atoms with Gasteiger partial charge < -0.3 is 20.3 Å². The maximum atomic E-state index is 13.7. The van der Waals surface area contributed by atoms with Gasteiger partial charge in [-0.2, -0.15) is 0 Å². The Labute approximate surface area is 204 Å². The number of carbonyl (C=O) groups is 2. The minimum Gasteiger partial charge on any atom is -0.378 e. The van der Waals surface area contributed by atoms with Gasteiger partial charge in [-0.25, -0.2) is 9.37 Å². The first-order valence-corrected chi connectivity index (χ1v) is 12.6. The smallest absolute Gasteiger partial charge is 0.270 e. The lowest BCUT2D eigenvalue weighted by Gasteiger charge is -2.62. The number of anilines is 1. The first-order valence-electron chi connectivity index (χ1n) is 12.6. The molecule has 4 saturated carbocycles. The van der Waals surface area contributed by atoms with Gasteiger partial charge in [0.15, 0.2) is 0 Å². The van der Waals surface area contributed by atoms with Gasteiger partial charge in [-0.1, -0.05) is 12.1 Å². The lowest BCUT2D eigenvalue weighted by molar-refractivity contribution is -0.0448. The van der Waals surface area contributed by atoms with Crippen molar-refractivity contribution in [2.24, 2.45) is 11.8 Å². The van der Waals surface area contributed by atoms with Crippen LogP contribution >= 0.6 is 0 Å². The van der Waals surface area contributed by atoms with Gasteiger partial charge >= 0.3 is 0 Å². The molecule has 5 fully saturated rings. The first kappa shape index (κ1) is 22.5. The Balaban J connectivity index is 1.20. The molecule has 4 aliphatic carbocycles. The van der Waals surface area contributed by atoms with Crippen molar-refractivity contribution in [2.75, 3.05) is 31.2 Å². The van der Waals surface area contributed by atoms with Crippen LogP contribution in [-0.4, -0.2) is 54.2 Å². The zero-order valence-electron chi connectivity index (χ0n) is 19.8. The number of benzene rings is 1. The number of hydrogen-bond acceptors (Lipinski definition) is 5. The minimum atomic E-state index is -0.418. The van der Waals surface area contributed by atoms with Crippen LogP contribution in [0.1, 0.15) is 59.4 Å². The van der Waals surface area contributed by atoms with E-state index in [0.29, 0.717) is 42.7 Å². The van der Waals surface area contributed by atoms with Gasteiger partial charge in [-0.15, -0.1) is 0 Å². The Kier molecular flexibility index (Phi) is 5.51. The van der Waals surface area contributed by atoms with Crippen LogP contribution < -0.4 is 15.5 Å². The lowest BCUT2D eigenvalue weighted by atomic mass is 9.49. The summed E-state index contributed by atoms with van der Waals surface area (Å²) in [6.45, 7) is 2.85. The van der Waals surface area contributed by atoms with Crippen LogP contribution in [0.4, 0.5) is 10.2 Å². The number of pyridine rings is 1. The van der Waals surface area contributed by atoms with E-state index in [1.165, 1.54) is 12.1 Å². The topological polar surface area (TPSA) is 83.6 Å². The van der Waals surface area contributed by atoms with Crippen LogP contribution in [0.3, 0.4) is 0 Å². The van der Waals surface area contributed by atoms with E-state index in [1.807, 2.05) is 12.1 Å². The summed E-state index contributed by atoms with van der Waals surface area (Å²) < 4.78 is 19.1. The number of aromatic nitrogens is 1. The van der Waals surface area contributed by atoms with Crippen molar-refractivity contribution in [1.29, 1.82) is 0 Å². The predicted molar refractivity (Wildman–Crippen MR) is 129 cm³/mol. The summed E-state index contributed by atoms with van der Waals surface area (Å²) in [6, 6.07) is 11.4. The van der Waals surface area contributed by atoms with Gasteiger partial charge in [0, 0.05) is 29.7 Å². The quantitative estimate of drug-likeness (QED) is 0.689. The van der Waals surface area contributed by atoms with Gasteiger partial charge in [0.05, 0.1) is 13.2 Å². The van der Waals surface area contributed by atoms with E-state index in [-0.39, 0.29) is 22.9 Å². The maximum Gasteiger partial charge on any atom is 0.270 e. The summed E-state index contributed by atoms with van der Waals surface area (Å²) in [4.78, 5) is 33.2. The van der Waals surface area contributed by atoms with Crippen LogP contribution in [0.5, 0.6) is 0 Å². The molecule has 2 heterocycles. The molecule has 7 rings (SSSR count). The van der Waals surface area contributed by atoms with Gasteiger partial charge in [-0.3, -0.25) is 9.59 Å². The van der Waals surface area contributed by atoms with E-state index in [2.05, 4.69) is 20.5 Å². The number of amides is 2. The summed E-state index contributed by atoms with van der Waals surface area (Å²) in [5.41, 5.74) is 0.0298. The number of ether oxygens (including phenoxy) is 1. The van der Waals surface area contributed by atoms with E-state index >= 15 is 0 Å². The Hall–Kier alpha value is -3.00. The Morgan fingerprint density at radius 3 is 2.29 bits per heavy atom. The number of rotatable bonds is 5. The monoisotopic (exact) mass is 478 g/mol. The lowest BCUT2D eigenvalue weighted by Crippen LogP contribution is -2.69. The molecule has 5 aliphatic rings. The van der Waals surface area contributed by atoms with Crippen LogP contribution in [0.2, 0.25) is 0 Å². The standard InChI is InChI=1S/C27H31FN4O3/c28-21-4-1-3-20(12-21)24(33)30-26-13-18-11-19(14-26)16-27(15-18,17-26)31-25(34)22-5-2-6-23(29-22)32-7-9-35-10-8-32/h1-6,12,18-19H,7-11,13-17H2,(H,30,33)(H,31,34). The molecule has 2 atom stereocenters. The number of halogens is 1. The molecule has 35 heavy (non-hydrogen) atoms.